The number of nitrogen functional groups attached to an aromatic ring is 1. The molecule has 1 atom stereocenters. The normalized spacial score (nSPS) is 18.7. The highest BCUT2D eigenvalue weighted by Crippen LogP contribution is 2.24. The summed E-state index contributed by atoms with van der Waals surface area (Å²) in [6.07, 6.45) is -0.628. The fraction of sp³-hybridized carbons (Fsp3) is 0.357. The minimum Gasteiger partial charge on any atom is -0.467 e. The molecule has 1 saturated heterocycles. The van der Waals surface area contributed by atoms with Gasteiger partial charge in [-0.3, -0.25) is 0 Å². The number of fused-ring (bicyclic) bond motifs is 1. The molecule has 1 fully saturated rings. The van der Waals surface area contributed by atoms with E-state index in [2.05, 4.69) is 9.97 Å². The van der Waals surface area contributed by atoms with Gasteiger partial charge in [0.1, 0.15) is 0 Å². The molecule has 0 radical (unpaired) electrons. The minimum absolute atomic E-state index is 0.346. The van der Waals surface area contributed by atoms with Crippen molar-refractivity contribution >= 4 is 28.6 Å². The summed E-state index contributed by atoms with van der Waals surface area (Å²) in [6, 6.07) is 7.52. The van der Waals surface area contributed by atoms with Crippen LogP contribution in [-0.4, -0.2) is 48.8 Å². The van der Waals surface area contributed by atoms with Crippen molar-refractivity contribution in [3.05, 3.63) is 24.3 Å². The first-order valence-electron chi connectivity index (χ1n) is 6.65. The van der Waals surface area contributed by atoms with E-state index in [0.717, 1.165) is 11.0 Å². The fourth-order valence-corrected chi connectivity index (χ4v) is 2.35. The highest BCUT2D eigenvalue weighted by molar-refractivity contribution is 5.80. The molecule has 110 valence electrons. The molecule has 1 aromatic heterocycles. The van der Waals surface area contributed by atoms with Crippen LogP contribution in [0.4, 0.5) is 11.6 Å². The Morgan fingerprint density at radius 2 is 2.10 bits per heavy atom. The summed E-state index contributed by atoms with van der Waals surface area (Å²) in [5.41, 5.74) is 7.51. The maximum Gasteiger partial charge on any atom is 0.336 e. The van der Waals surface area contributed by atoms with Gasteiger partial charge in [-0.15, -0.1) is 0 Å². The summed E-state index contributed by atoms with van der Waals surface area (Å²) < 4.78 is 10.1. The number of carbonyl (C=O) groups excluding carboxylic acids is 1. The van der Waals surface area contributed by atoms with Crippen LogP contribution < -0.4 is 10.6 Å². The second-order valence-corrected chi connectivity index (χ2v) is 4.75. The van der Waals surface area contributed by atoms with Gasteiger partial charge in [0.05, 0.1) is 31.3 Å². The Morgan fingerprint density at radius 3 is 2.81 bits per heavy atom. The summed E-state index contributed by atoms with van der Waals surface area (Å²) in [4.78, 5) is 22.4. The number of hydrogen-bond acceptors (Lipinski definition) is 7. The lowest BCUT2D eigenvalue weighted by Crippen LogP contribution is -2.47. The van der Waals surface area contributed by atoms with Gasteiger partial charge in [0, 0.05) is 6.54 Å². The third-order valence-electron chi connectivity index (χ3n) is 3.41. The van der Waals surface area contributed by atoms with Crippen LogP contribution >= 0.6 is 0 Å². The van der Waals surface area contributed by atoms with Crippen molar-refractivity contribution in [1.29, 1.82) is 0 Å². The number of para-hydroxylation sites is 2. The van der Waals surface area contributed by atoms with Crippen LogP contribution in [0.3, 0.4) is 0 Å². The number of nitrogens with two attached hydrogens (primary N) is 1. The van der Waals surface area contributed by atoms with E-state index in [1.165, 1.54) is 7.11 Å². The molecule has 3 rings (SSSR count). The molecule has 0 amide bonds. The fourth-order valence-electron chi connectivity index (χ4n) is 2.35. The number of rotatable bonds is 2. The molecular weight excluding hydrogens is 272 g/mol. The van der Waals surface area contributed by atoms with E-state index in [-0.39, 0.29) is 0 Å². The topological polar surface area (TPSA) is 90.6 Å². The third-order valence-corrected chi connectivity index (χ3v) is 3.41. The summed E-state index contributed by atoms with van der Waals surface area (Å²) >= 11 is 0. The van der Waals surface area contributed by atoms with Crippen LogP contribution in [0.15, 0.2) is 24.3 Å². The number of esters is 1. The quantitative estimate of drug-likeness (QED) is 0.809. The minimum atomic E-state index is -0.628. The van der Waals surface area contributed by atoms with Gasteiger partial charge in [-0.1, -0.05) is 12.1 Å². The lowest BCUT2D eigenvalue weighted by molar-refractivity contribution is -0.154. The van der Waals surface area contributed by atoms with E-state index >= 15 is 0 Å². The number of hydrogen-bond donors (Lipinski definition) is 1. The molecule has 2 aromatic rings. The first-order valence-corrected chi connectivity index (χ1v) is 6.65. The predicted octanol–water partition coefficient (Wildman–Crippen LogP) is 0.590. The van der Waals surface area contributed by atoms with Crippen LogP contribution in [0, 0.1) is 0 Å². The van der Waals surface area contributed by atoms with Gasteiger partial charge in [0.25, 0.3) is 0 Å². The second-order valence-electron chi connectivity index (χ2n) is 4.75. The Balaban J connectivity index is 1.92. The average Bonchev–Trinajstić information content (AvgIpc) is 2.53. The first kappa shape index (κ1) is 13.6. The largest absolute Gasteiger partial charge is 0.467 e. The number of benzene rings is 1. The van der Waals surface area contributed by atoms with Crippen LogP contribution in [0.2, 0.25) is 0 Å². The van der Waals surface area contributed by atoms with Gasteiger partial charge < -0.3 is 20.1 Å². The van der Waals surface area contributed by atoms with Crippen LogP contribution in [0.1, 0.15) is 0 Å². The van der Waals surface area contributed by atoms with E-state index in [1.807, 2.05) is 29.2 Å². The van der Waals surface area contributed by atoms with Gasteiger partial charge >= 0.3 is 5.97 Å². The van der Waals surface area contributed by atoms with Gasteiger partial charge in [0.2, 0.25) is 0 Å². The summed E-state index contributed by atoms with van der Waals surface area (Å²) in [7, 11) is 1.34. The second kappa shape index (κ2) is 5.53. The summed E-state index contributed by atoms with van der Waals surface area (Å²) in [5, 5.41) is 0. The van der Waals surface area contributed by atoms with Crippen molar-refractivity contribution in [1.82, 2.24) is 9.97 Å². The number of ether oxygens (including phenoxy) is 2. The number of morpholine rings is 1. The highest BCUT2D eigenvalue weighted by Gasteiger charge is 2.29. The Bertz CT molecular complexity index is 676. The molecule has 2 heterocycles. The van der Waals surface area contributed by atoms with E-state index in [1.54, 1.807) is 0 Å². The predicted molar refractivity (Wildman–Crippen MR) is 77.9 cm³/mol. The maximum absolute atomic E-state index is 11.6. The van der Waals surface area contributed by atoms with Gasteiger partial charge in [-0.2, -0.15) is 0 Å². The third kappa shape index (κ3) is 2.59. The number of anilines is 2. The zero-order chi connectivity index (χ0) is 14.8. The van der Waals surface area contributed by atoms with Crippen LogP contribution in [-0.2, 0) is 14.3 Å². The monoisotopic (exact) mass is 288 g/mol. The van der Waals surface area contributed by atoms with Crippen LogP contribution in [0.25, 0.3) is 11.0 Å². The van der Waals surface area contributed by atoms with Crippen molar-refractivity contribution in [2.24, 2.45) is 0 Å². The lowest BCUT2D eigenvalue weighted by atomic mass is 10.2. The van der Waals surface area contributed by atoms with Gasteiger partial charge in [0.15, 0.2) is 17.7 Å². The molecule has 0 aliphatic carbocycles. The van der Waals surface area contributed by atoms with Crippen molar-refractivity contribution in [2.75, 3.05) is 37.4 Å². The molecule has 1 unspecified atom stereocenters. The van der Waals surface area contributed by atoms with Crippen molar-refractivity contribution in [3.63, 3.8) is 0 Å². The van der Waals surface area contributed by atoms with E-state index in [0.29, 0.717) is 31.3 Å². The zero-order valence-electron chi connectivity index (χ0n) is 11.7. The highest BCUT2D eigenvalue weighted by atomic mass is 16.6. The Hall–Kier alpha value is -2.41. The molecular formula is C14H16N4O3. The molecule has 0 spiro atoms. The van der Waals surface area contributed by atoms with Gasteiger partial charge in [-0.05, 0) is 12.1 Å². The Morgan fingerprint density at radius 1 is 1.38 bits per heavy atom. The smallest absolute Gasteiger partial charge is 0.336 e. The molecule has 1 aliphatic rings. The molecule has 7 heteroatoms. The maximum atomic E-state index is 11.6. The van der Waals surface area contributed by atoms with E-state index in [4.69, 9.17) is 15.2 Å². The van der Waals surface area contributed by atoms with E-state index < -0.39 is 12.1 Å². The molecule has 0 bridgehead atoms. The zero-order valence-corrected chi connectivity index (χ0v) is 11.7. The van der Waals surface area contributed by atoms with Crippen molar-refractivity contribution in [2.45, 2.75) is 6.10 Å². The van der Waals surface area contributed by atoms with Crippen molar-refractivity contribution < 1.29 is 14.3 Å². The first-order chi connectivity index (χ1) is 10.2. The number of carbonyl (C=O) groups is 1. The number of aromatic nitrogens is 2. The molecule has 1 aromatic carbocycles. The van der Waals surface area contributed by atoms with Crippen LogP contribution in [0.5, 0.6) is 0 Å². The number of methoxy groups -OCH3 is 1. The van der Waals surface area contributed by atoms with E-state index in [9.17, 15) is 4.79 Å². The van der Waals surface area contributed by atoms with Gasteiger partial charge in [-0.25, -0.2) is 14.8 Å². The SMILES string of the molecule is COC(=O)C1CN(c2nc3ccccc3nc2N)CCO1. The molecule has 1 aliphatic heterocycles. The average molecular weight is 288 g/mol. The lowest BCUT2D eigenvalue weighted by Gasteiger charge is -2.32. The number of nitrogens with zero attached hydrogens (tertiary/aromatic N) is 3. The van der Waals surface area contributed by atoms with Crippen molar-refractivity contribution in [3.8, 4) is 0 Å². The Labute approximate surface area is 121 Å². The standard InChI is InChI=1S/C14H16N4O3/c1-20-14(19)11-8-18(6-7-21-11)13-12(15)16-9-4-2-3-5-10(9)17-13/h2-5,11H,6-8H2,1H3,(H2,15,16). The molecule has 21 heavy (non-hydrogen) atoms. The molecule has 2 N–H and O–H groups in total. The molecule has 7 nitrogen and oxygen atoms in total. The molecule has 0 saturated carbocycles. The summed E-state index contributed by atoms with van der Waals surface area (Å²) in [6.45, 7) is 1.36. The Kier molecular flexibility index (Phi) is 3.57. The summed E-state index contributed by atoms with van der Waals surface area (Å²) in [5.74, 6) is 0.525.